The smallest absolute Gasteiger partial charge is 0.315 e. The fourth-order valence-corrected chi connectivity index (χ4v) is 3.38. The maximum absolute atomic E-state index is 12.6. The Morgan fingerprint density at radius 2 is 1.77 bits per heavy atom. The van der Waals surface area contributed by atoms with Crippen LogP contribution in [0.3, 0.4) is 0 Å². The van der Waals surface area contributed by atoms with E-state index in [0.717, 1.165) is 16.8 Å². The van der Waals surface area contributed by atoms with E-state index in [4.69, 9.17) is 16.3 Å². The highest BCUT2D eigenvalue weighted by Gasteiger charge is 2.19. The predicted octanol–water partition coefficient (Wildman–Crippen LogP) is 4.68. The Morgan fingerprint density at radius 3 is 2.48 bits per heavy atom. The number of carbonyl (C=O) groups excluding carboxylic acids is 2. The van der Waals surface area contributed by atoms with Gasteiger partial charge in [-0.05, 0) is 42.3 Å². The lowest BCUT2D eigenvalue weighted by Crippen LogP contribution is -2.38. The van der Waals surface area contributed by atoms with Crippen molar-refractivity contribution in [3.05, 3.63) is 94.8 Å². The van der Waals surface area contributed by atoms with Gasteiger partial charge in [0.15, 0.2) is 0 Å². The summed E-state index contributed by atoms with van der Waals surface area (Å²) < 4.78 is 7.12. The molecule has 2 amide bonds. The average Bonchev–Trinajstić information content (AvgIpc) is 3.21. The van der Waals surface area contributed by atoms with E-state index in [1.54, 1.807) is 6.92 Å². The van der Waals surface area contributed by atoms with Crippen LogP contribution in [-0.2, 0) is 22.6 Å². The van der Waals surface area contributed by atoms with Crippen molar-refractivity contribution in [2.24, 2.45) is 0 Å². The van der Waals surface area contributed by atoms with E-state index < -0.39 is 6.04 Å². The number of carbonyl (C=O) groups is 2. The van der Waals surface area contributed by atoms with Crippen LogP contribution in [0.4, 0.5) is 4.79 Å². The minimum absolute atomic E-state index is 0.0677. The van der Waals surface area contributed by atoms with Crippen molar-refractivity contribution in [3.8, 4) is 0 Å². The summed E-state index contributed by atoms with van der Waals surface area (Å²) in [5, 5.41) is 6.47. The lowest BCUT2D eigenvalue weighted by molar-refractivity contribution is -0.143. The fraction of sp³-hybridized carbons (Fsp3) is 0.250. The molecule has 0 aliphatic rings. The zero-order valence-electron chi connectivity index (χ0n) is 17.4. The molecule has 162 valence electrons. The first kappa shape index (κ1) is 22.4. The molecule has 1 aromatic heterocycles. The maximum atomic E-state index is 12.6. The van der Waals surface area contributed by atoms with Gasteiger partial charge in [0.25, 0.3) is 0 Å². The Morgan fingerprint density at radius 1 is 1.03 bits per heavy atom. The van der Waals surface area contributed by atoms with Crippen molar-refractivity contribution in [2.45, 2.75) is 32.5 Å². The number of amides is 2. The van der Waals surface area contributed by atoms with Gasteiger partial charge < -0.3 is 19.9 Å². The van der Waals surface area contributed by atoms with Crippen LogP contribution in [-0.4, -0.2) is 23.2 Å². The SMILES string of the molecule is CCOC(=O)C[C@H](NC(=O)NCc1cccn1Cc1ccc(Cl)cc1)c1ccccc1. The molecule has 2 aromatic carbocycles. The number of nitrogens with one attached hydrogen (secondary N) is 2. The van der Waals surface area contributed by atoms with Gasteiger partial charge >= 0.3 is 12.0 Å². The Kier molecular flexibility index (Phi) is 8.12. The zero-order chi connectivity index (χ0) is 22.1. The first-order chi connectivity index (χ1) is 15.0. The van der Waals surface area contributed by atoms with Crippen molar-refractivity contribution < 1.29 is 14.3 Å². The Bertz CT molecular complexity index is 987. The van der Waals surface area contributed by atoms with Crippen molar-refractivity contribution in [2.75, 3.05) is 6.61 Å². The normalized spacial score (nSPS) is 11.5. The molecule has 3 rings (SSSR count). The summed E-state index contributed by atoms with van der Waals surface area (Å²) in [6.07, 6.45) is 2.04. The van der Waals surface area contributed by atoms with E-state index in [-0.39, 0.29) is 18.4 Å². The molecule has 0 saturated heterocycles. The minimum atomic E-state index is -0.471. The molecule has 0 saturated carbocycles. The number of aromatic nitrogens is 1. The molecule has 1 heterocycles. The number of urea groups is 1. The second-order valence-electron chi connectivity index (χ2n) is 7.05. The van der Waals surface area contributed by atoms with Gasteiger partial charge in [-0.1, -0.05) is 54.1 Å². The Balaban J connectivity index is 1.60. The monoisotopic (exact) mass is 439 g/mol. The fourth-order valence-electron chi connectivity index (χ4n) is 3.25. The van der Waals surface area contributed by atoms with E-state index in [1.807, 2.05) is 72.9 Å². The zero-order valence-corrected chi connectivity index (χ0v) is 18.1. The molecule has 2 N–H and O–H groups in total. The molecule has 3 aromatic rings. The van der Waals surface area contributed by atoms with Crippen LogP contribution in [0.15, 0.2) is 72.9 Å². The number of rotatable bonds is 9. The highest BCUT2D eigenvalue weighted by atomic mass is 35.5. The lowest BCUT2D eigenvalue weighted by atomic mass is 10.0. The van der Waals surface area contributed by atoms with Gasteiger partial charge in [0, 0.05) is 23.5 Å². The molecule has 0 fully saturated rings. The highest BCUT2D eigenvalue weighted by Crippen LogP contribution is 2.17. The molecule has 31 heavy (non-hydrogen) atoms. The highest BCUT2D eigenvalue weighted by molar-refractivity contribution is 6.30. The first-order valence-corrected chi connectivity index (χ1v) is 10.6. The molecule has 0 radical (unpaired) electrons. The topological polar surface area (TPSA) is 72.4 Å². The molecule has 7 heteroatoms. The van der Waals surface area contributed by atoms with Crippen LogP contribution in [0.5, 0.6) is 0 Å². The summed E-state index contributed by atoms with van der Waals surface area (Å²) in [6, 6.07) is 20.1. The maximum Gasteiger partial charge on any atom is 0.315 e. The Hall–Kier alpha value is -3.25. The number of benzene rings is 2. The molecule has 1 atom stereocenters. The number of nitrogens with zero attached hydrogens (tertiary/aromatic N) is 1. The third-order valence-electron chi connectivity index (χ3n) is 4.80. The van der Waals surface area contributed by atoms with Crippen LogP contribution < -0.4 is 10.6 Å². The standard InChI is InChI=1S/C24H26ClN3O3/c1-2-31-23(29)15-22(19-7-4-3-5-8-19)27-24(30)26-16-21-9-6-14-28(21)17-18-10-12-20(25)13-11-18/h3-14,22H,2,15-17H2,1H3,(H2,26,27,30)/t22-/m0/s1. The molecule has 0 unspecified atom stereocenters. The first-order valence-electron chi connectivity index (χ1n) is 10.2. The quantitative estimate of drug-likeness (QED) is 0.475. The van der Waals surface area contributed by atoms with Gasteiger partial charge in [-0.25, -0.2) is 4.79 Å². The van der Waals surface area contributed by atoms with Crippen molar-refractivity contribution >= 4 is 23.6 Å². The molecular weight excluding hydrogens is 414 g/mol. The van der Waals surface area contributed by atoms with Gasteiger partial charge in [-0.2, -0.15) is 0 Å². The molecular formula is C24H26ClN3O3. The van der Waals surface area contributed by atoms with Crippen LogP contribution in [0.2, 0.25) is 5.02 Å². The second kappa shape index (κ2) is 11.2. The summed E-state index contributed by atoms with van der Waals surface area (Å²) in [5.74, 6) is -0.353. The number of hydrogen-bond donors (Lipinski definition) is 2. The summed E-state index contributed by atoms with van der Waals surface area (Å²) >= 11 is 5.95. The van der Waals surface area contributed by atoms with Crippen LogP contribution in [0.25, 0.3) is 0 Å². The van der Waals surface area contributed by atoms with Crippen molar-refractivity contribution in [1.29, 1.82) is 0 Å². The average molecular weight is 440 g/mol. The summed E-state index contributed by atoms with van der Waals surface area (Å²) in [6.45, 7) is 3.09. The van der Waals surface area contributed by atoms with Gasteiger partial charge in [0.05, 0.1) is 25.6 Å². The lowest BCUT2D eigenvalue weighted by Gasteiger charge is -2.19. The Labute approximate surface area is 187 Å². The van der Waals surface area contributed by atoms with Gasteiger partial charge in [0.2, 0.25) is 0 Å². The minimum Gasteiger partial charge on any atom is -0.466 e. The van der Waals surface area contributed by atoms with E-state index in [1.165, 1.54) is 0 Å². The molecule has 0 aliphatic heterocycles. The largest absolute Gasteiger partial charge is 0.466 e. The number of hydrogen-bond acceptors (Lipinski definition) is 3. The van der Waals surface area contributed by atoms with Crippen molar-refractivity contribution in [1.82, 2.24) is 15.2 Å². The molecule has 0 bridgehead atoms. The van der Waals surface area contributed by atoms with E-state index in [2.05, 4.69) is 15.2 Å². The van der Waals surface area contributed by atoms with Crippen LogP contribution >= 0.6 is 11.6 Å². The van der Waals surface area contributed by atoms with E-state index >= 15 is 0 Å². The molecule has 0 spiro atoms. The van der Waals surface area contributed by atoms with Crippen LogP contribution in [0.1, 0.15) is 36.2 Å². The predicted molar refractivity (Wildman–Crippen MR) is 121 cm³/mol. The second-order valence-corrected chi connectivity index (χ2v) is 7.49. The van der Waals surface area contributed by atoms with E-state index in [0.29, 0.717) is 24.7 Å². The summed E-state index contributed by atoms with van der Waals surface area (Å²) in [7, 11) is 0. The van der Waals surface area contributed by atoms with Gasteiger partial charge in [-0.3, -0.25) is 4.79 Å². The molecule has 0 aliphatic carbocycles. The summed E-state index contributed by atoms with van der Waals surface area (Å²) in [5.41, 5.74) is 2.92. The van der Waals surface area contributed by atoms with Crippen LogP contribution in [0, 0.1) is 0 Å². The van der Waals surface area contributed by atoms with E-state index in [9.17, 15) is 9.59 Å². The third kappa shape index (κ3) is 6.89. The van der Waals surface area contributed by atoms with Gasteiger partial charge in [-0.15, -0.1) is 0 Å². The number of ether oxygens (including phenoxy) is 1. The number of esters is 1. The van der Waals surface area contributed by atoms with Crippen molar-refractivity contribution in [3.63, 3.8) is 0 Å². The van der Waals surface area contributed by atoms with Gasteiger partial charge in [0.1, 0.15) is 0 Å². The summed E-state index contributed by atoms with van der Waals surface area (Å²) in [4.78, 5) is 24.6. The molecule has 6 nitrogen and oxygen atoms in total. The number of halogens is 1. The third-order valence-corrected chi connectivity index (χ3v) is 5.06.